The SMILES string of the molecule is Cc1ccc([N+](=O)[O-])cc1NC(=O)CN(c1cccc(C)c1C)S(C)(=O)=O. The van der Waals surface area contributed by atoms with E-state index in [-0.39, 0.29) is 11.4 Å². The molecule has 0 saturated carbocycles. The summed E-state index contributed by atoms with van der Waals surface area (Å²) in [6.45, 7) is 4.89. The highest BCUT2D eigenvalue weighted by Gasteiger charge is 2.23. The van der Waals surface area contributed by atoms with Crippen LogP contribution in [0.15, 0.2) is 36.4 Å². The monoisotopic (exact) mass is 391 g/mol. The second-order valence-corrected chi connectivity index (χ2v) is 8.20. The molecule has 2 rings (SSSR count). The largest absolute Gasteiger partial charge is 0.324 e. The minimum Gasteiger partial charge on any atom is -0.324 e. The van der Waals surface area contributed by atoms with E-state index < -0.39 is 27.4 Å². The van der Waals surface area contributed by atoms with Gasteiger partial charge >= 0.3 is 0 Å². The molecule has 8 nitrogen and oxygen atoms in total. The lowest BCUT2D eigenvalue weighted by Gasteiger charge is -2.24. The summed E-state index contributed by atoms with van der Waals surface area (Å²) in [5, 5.41) is 13.5. The van der Waals surface area contributed by atoms with E-state index in [1.807, 2.05) is 13.0 Å². The fourth-order valence-corrected chi connectivity index (χ4v) is 3.47. The van der Waals surface area contributed by atoms with Gasteiger partial charge in [0, 0.05) is 12.1 Å². The van der Waals surface area contributed by atoms with Crippen LogP contribution in [0.25, 0.3) is 0 Å². The molecule has 0 fully saturated rings. The van der Waals surface area contributed by atoms with E-state index in [0.717, 1.165) is 21.7 Å². The van der Waals surface area contributed by atoms with Gasteiger partial charge in [0.05, 0.1) is 22.6 Å². The molecular weight excluding hydrogens is 370 g/mol. The topological polar surface area (TPSA) is 110 Å². The maximum Gasteiger partial charge on any atom is 0.271 e. The lowest BCUT2D eigenvalue weighted by Crippen LogP contribution is -2.38. The Balaban J connectivity index is 2.32. The van der Waals surface area contributed by atoms with Crippen LogP contribution < -0.4 is 9.62 Å². The van der Waals surface area contributed by atoms with Gasteiger partial charge in [0.1, 0.15) is 6.54 Å². The number of nitrogens with zero attached hydrogens (tertiary/aromatic N) is 2. The number of carbonyl (C=O) groups excluding carboxylic acids is 1. The molecule has 0 aromatic heterocycles. The molecule has 27 heavy (non-hydrogen) atoms. The predicted molar refractivity (Wildman–Crippen MR) is 105 cm³/mol. The summed E-state index contributed by atoms with van der Waals surface area (Å²) in [6, 6.07) is 9.31. The van der Waals surface area contributed by atoms with Crippen molar-refractivity contribution < 1.29 is 18.1 Å². The quantitative estimate of drug-likeness (QED) is 0.601. The number of nitro groups is 1. The first kappa shape index (κ1) is 20.4. The first-order valence-corrected chi connectivity index (χ1v) is 9.94. The third-order valence-electron chi connectivity index (χ3n) is 4.24. The molecular formula is C18H21N3O5S. The van der Waals surface area contributed by atoms with E-state index in [1.54, 1.807) is 26.0 Å². The Morgan fingerprint density at radius 1 is 1.15 bits per heavy atom. The number of sulfonamides is 1. The smallest absolute Gasteiger partial charge is 0.271 e. The molecule has 0 radical (unpaired) electrons. The Hall–Kier alpha value is -2.94. The standard InChI is InChI=1S/C18H21N3O5S/c1-12-6-5-7-17(14(12)3)20(27(4,25)26)11-18(22)19-16-10-15(21(23)24)9-8-13(16)2/h5-10H,11H2,1-4H3,(H,19,22). The van der Waals surface area contributed by atoms with Crippen molar-refractivity contribution in [3.8, 4) is 0 Å². The molecule has 0 spiro atoms. The second kappa shape index (κ2) is 7.75. The Labute approximate surface area is 158 Å². The molecule has 0 atom stereocenters. The van der Waals surface area contributed by atoms with Crippen LogP contribution in [-0.2, 0) is 14.8 Å². The number of anilines is 2. The molecule has 1 amide bonds. The molecule has 0 aliphatic rings. The number of carbonyl (C=O) groups is 1. The highest BCUT2D eigenvalue weighted by molar-refractivity contribution is 7.92. The molecule has 2 aromatic rings. The number of hydrogen-bond acceptors (Lipinski definition) is 5. The fourth-order valence-electron chi connectivity index (χ4n) is 2.57. The number of nitrogens with one attached hydrogen (secondary N) is 1. The molecule has 144 valence electrons. The van der Waals surface area contributed by atoms with Gasteiger partial charge < -0.3 is 5.32 Å². The van der Waals surface area contributed by atoms with E-state index in [4.69, 9.17) is 0 Å². The third kappa shape index (κ3) is 4.82. The lowest BCUT2D eigenvalue weighted by molar-refractivity contribution is -0.384. The first-order chi connectivity index (χ1) is 12.5. The Morgan fingerprint density at radius 2 is 1.81 bits per heavy atom. The van der Waals surface area contributed by atoms with Gasteiger partial charge in [0.2, 0.25) is 15.9 Å². The minimum atomic E-state index is -3.71. The zero-order valence-electron chi connectivity index (χ0n) is 15.5. The van der Waals surface area contributed by atoms with Gasteiger partial charge in [-0.25, -0.2) is 8.42 Å². The van der Waals surface area contributed by atoms with Crippen LogP contribution in [0.5, 0.6) is 0 Å². The average Bonchev–Trinajstić information content (AvgIpc) is 2.56. The second-order valence-electron chi connectivity index (χ2n) is 6.29. The van der Waals surface area contributed by atoms with Gasteiger partial charge in [0.15, 0.2) is 0 Å². The number of non-ortho nitro benzene ring substituents is 1. The van der Waals surface area contributed by atoms with Crippen molar-refractivity contribution in [1.82, 2.24) is 0 Å². The maximum absolute atomic E-state index is 12.5. The highest BCUT2D eigenvalue weighted by Crippen LogP contribution is 2.26. The van der Waals surface area contributed by atoms with E-state index in [0.29, 0.717) is 11.3 Å². The number of benzene rings is 2. The van der Waals surface area contributed by atoms with Crippen LogP contribution in [0.1, 0.15) is 16.7 Å². The van der Waals surface area contributed by atoms with E-state index in [1.165, 1.54) is 18.2 Å². The normalized spacial score (nSPS) is 11.1. The van der Waals surface area contributed by atoms with Crippen molar-refractivity contribution in [2.45, 2.75) is 20.8 Å². The van der Waals surface area contributed by atoms with Crippen molar-refractivity contribution in [2.75, 3.05) is 22.4 Å². The van der Waals surface area contributed by atoms with Crippen LogP contribution >= 0.6 is 0 Å². The Morgan fingerprint density at radius 3 is 2.41 bits per heavy atom. The average molecular weight is 391 g/mol. The summed E-state index contributed by atoms with van der Waals surface area (Å²) in [7, 11) is -3.71. The van der Waals surface area contributed by atoms with Crippen molar-refractivity contribution in [1.29, 1.82) is 0 Å². The van der Waals surface area contributed by atoms with Crippen LogP contribution in [0, 0.1) is 30.9 Å². The predicted octanol–water partition coefficient (Wildman–Crippen LogP) is 2.92. The summed E-state index contributed by atoms with van der Waals surface area (Å²) >= 11 is 0. The number of nitro benzene ring substituents is 1. The van der Waals surface area contributed by atoms with Crippen LogP contribution in [0.3, 0.4) is 0 Å². The van der Waals surface area contributed by atoms with Gasteiger partial charge in [-0.15, -0.1) is 0 Å². The summed E-state index contributed by atoms with van der Waals surface area (Å²) < 4.78 is 25.5. The number of hydrogen-bond donors (Lipinski definition) is 1. The molecule has 1 N–H and O–H groups in total. The van der Waals surface area contributed by atoms with Gasteiger partial charge in [-0.3, -0.25) is 19.2 Å². The zero-order valence-corrected chi connectivity index (χ0v) is 16.3. The minimum absolute atomic E-state index is 0.162. The highest BCUT2D eigenvalue weighted by atomic mass is 32.2. The molecule has 2 aromatic carbocycles. The fraction of sp³-hybridized carbons (Fsp3) is 0.278. The van der Waals surface area contributed by atoms with Crippen LogP contribution in [0.4, 0.5) is 17.1 Å². The molecule has 0 bridgehead atoms. The summed E-state index contributed by atoms with van der Waals surface area (Å²) in [5.74, 6) is -0.593. The van der Waals surface area contributed by atoms with Crippen molar-refractivity contribution >= 4 is 33.0 Å². The summed E-state index contributed by atoms with van der Waals surface area (Å²) in [4.78, 5) is 22.8. The maximum atomic E-state index is 12.5. The molecule has 0 unspecified atom stereocenters. The first-order valence-electron chi connectivity index (χ1n) is 8.09. The van der Waals surface area contributed by atoms with Gasteiger partial charge in [-0.05, 0) is 43.5 Å². The van der Waals surface area contributed by atoms with Crippen molar-refractivity contribution in [3.05, 3.63) is 63.2 Å². The Kier molecular flexibility index (Phi) is 5.85. The lowest BCUT2D eigenvalue weighted by atomic mass is 10.1. The summed E-state index contributed by atoms with van der Waals surface area (Å²) in [5.41, 5.74) is 2.81. The van der Waals surface area contributed by atoms with Crippen LogP contribution in [-0.4, -0.2) is 32.0 Å². The zero-order chi connectivity index (χ0) is 20.4. The van der Waals surface area contributed by atoms with Crippen LogP contribution in [0.2, 0.25) is 0 Å². The molecule has 0 saturated heterocycles. The van der Waals surface area contributed by atoms with Gasteiger partial charge in [-0.1, -0.05) is 18.2 Å². The van der Waals surface area contributed by atoms with E-state index >= 15 is 0 Å². The number of amides is 1. The Bertz CT molecular complexity index is 1000. The van der Waals surface area contributed by atoms with Crippen molar-refractivity contribution in [2.24, 2.45) is 0 Å². The van der Waals surface area contributed by atoms with Gasteiger partial charge in [-0.2, -0.15) is 0 Å². The summed E-state index contributed by atoms with van der Waals surface area (Å²) in [6.07, 6.45) is 1.03. The molecule has 0 heterocycles. The molecule has 0 aliphatic carbocycles. The van der Waals surface area contributed by atoms with E-state index in [2.05, 4.69) is 5.32 Å². The third-order valence-corrected chi connectivity index (χ3v) is 5.36. The molecule has 9 heteroatoms. The number of rotatable bonds is 6. The molecule has 0 aliphatic heterocycles. The van der Waals surface area contributed by atoms with E-state index in [9.17, 15) is 23.3 Å². The van der Waals surface area contributed by atoms with Gasteiger partial charge in [0.25, 0.3) is 5.69 Å². The van der Waals surface area contributed by atoms with Crippen molar-refractivity contribution in [3.63, 3.8) is 0 Å². The number of aryl methyl sites for hydroxylation is 2.